The van der Waals surface area contributed by atoms with Crippen LogP contribution in [0.1, 0.15) is 18.4 Å². The van der Waals surface area contributed by atoms with Gasteiger partial charge in [-0.1, -0.05) is 0 Å². The van der Waals surface area contributed by atoms with Gasteiger partial charge in [-0.25, -0.2) is 9.07 Å². The Morgan fingerprint density at radius 3 is 2.64 bits per heavy atom. The highest BCUT2D eigenvalue weighted by molar-refractivity contribution is 7.99. The molecule has 0 N–H and O–H groups in total. The average molecular weight is 361 g/mol. The third-order valence-electron chi connectivity index (χ3n) is 5.31. The van der Waals surface area contributed by atoms with E-state index in [4.69, 9.17) is 0 Å². The van der Waals surface area contributed by atoms with Crippen LogP contribution in [0.5, 0.6) is 0 Å². The Hall–Kier alpha value is -1.37. The maximum absolute atomic E-state index is 13.8. The van der Waals surface area contributed by atoms with Gasteiger partial charge in [-0.3, -0.25) is 9.80 Å². The van der Waals surface area contributed by atoms with Crippen LogP contribution in [0.4, 0.5) is 4.39 Å². The maximum atomic E-state index is 13.8. The molecule has 0 aliphatic carbocycles. The summed E-state index contributed by atoms with van der Waals surface area (Å²) in [5, 5.41) is 4.31. The minimum absolute atomic E-state index is 0.174. The molecule has 4 rings (SSSR count). The molecule has 0 unspecified atom stereocenters. The summed E-state index contributed by atoms with van der Waals surface area (Å²) < 4.78 is 15.6. The number of hydrogen-bond donors (Lipinski definition) is 0. The minimum Gasteiger partial charge on any atom is -0.299 e. The first-order valence-corrected chi connectivity index (χ1v) is 10.3. The van der Waals surface area contributed by atoms with Crippen LogP contribution < -0.4 is 0 Å². The molecule has 0 spiro atoms. The monoisotopic (exact) mass is 360 g/mol. The molecule has 2 aliphatic heterocycles. The van der Waals surface area contributed by atoms with E-state index in [9.17, 15) is 4.39 Å². The van der Waals surface area contributed by atoms with E-state index in [-0.39, 0.29) is 5.82 Å². The quantitative estimate of drug-likeness (QED) is 0.837. The fraction of sp³-hybridized carbons (Fsp3) is 0.526. The summed E-state index contributed by atoms with van der Waals surface area (Å²) in [7, 11) is 0. The van der Waals surface area contributed by atoms with Gasteiger partial charge >= 0.3 is 0 Å². The minimum atomic E-state index is -0.174. The molecule has 1 aromatic heterocycles. The molecule has 0 saturated carbocycles. The zero-order chi connectivity index (χ0) is 17.1. The molecule has 6 heteroatoms. The number of rotatable bonds is 4. The maximum Gasteiger partial charge on any atom is 0.123 e. The highest BCUT2D eigenvalue weighted by atomic mass is 32.2. The second-order valence-electron chi connectivity index (χ2n) is 6.88. The van der Waals surface area contributed by atoms with Gasteiger partial charge in [-0.15, -0.1) is 0 Å². The smallest absolute Gasteiger partial charge is 0.123 e. The number of hydrogen-bond acceptors (Lipinski definition) is 4. The Morgan fingerprint density at radius 1 is 1.12 bits per heavy atom. The SMILES string of the molecule is Fc1ccc(-n2cccn2)c(CN2CCC(N3CCSCC3)CC2)c1. The second-order valence-corrected chi connectivity index (χ2v) is 8.10. The third-order valence-corrected chi connectivity index (χ3v) is 6.25. The van der Waals surface area contributed by atoms with Crippen molar-refractivity contribution in [3.05, 3.63) is 48.0 Å². The Balaban J connectivity index is 1.41. The Morgan fingerprint density at radius 2 is 1.92 bits per heavy atom. The van der Waals surface area contributed by atoms with E-state index >= 15 is 0 Å². The topological polar surface area (TPSA) is 24.3 Å². The summed E-state index contributed by atoms with van der Waals surface area (Å²) in [4.78, 5) is 5.13. The molecule has 0 radical (unpaired) electrons. The molecule has 4 nitrogen and oxygen atoms in total. The molecular weight excluding hydrogens is 335 g/mol. The predicted octanol–water partition coefficient (Wildman–Crippen LogP) is 3.02. The van der Waals surface area contributed by atoms with E-state index in [1.54, 1.807) is 12.3 Å². The summed E-state index contributed by atoms with van der Waals surface area (Å²) in [6.45, 7) is 5.44. The van der Waals surface area contributed by atoms with E-state index in [2.05, 4.69) is 26.7 Å². The van der Waals surface area contributed by atoms with Crippen LogP contribution in [-0.2, 0) is 6.54 Å². The first-order valence-electron chi connectivity index (χ1n) is 9.12. The van der Waals surface area contributed by atoms with Crippen molar-refractivity contribution in [2.24, 2.45) is 0 Å². The summed E-state index contributed by atoms with van der Waals surface area (Å²) in [5.74, 6) is 2.37. The molecule has 2 saturated heterocycles. The van der Waals surface area contributed by atoms with Crippen molar-refractivity contribution in [2.75, 3.05) is 37.7 Å². The third kappa shape index (κ3) is 4.07. The highest BCUT2D eigenvalue weighted by Gasteiger charge is 2.26. The van der Waals surface area contributed by atoms with Crippen molar-refractivity contribution in [3.63, 3.8) is 0 Å². The lowest BCUT2D eigenvalue weighted by molar-refractivity contribution is 0.112. The molecule has 2 fully saturated rings. The summed E-state index contributed by atoms with van der Waals surface area (Å²) in [6, 6.07) is 7.63. The van der Waals surface area contributed by atoms with Crippen LogP contribution in [0.15, 0.2) is 36.7 Å². The predicted molar refractivity (Wildman–Crippen MR) is 101 cm³/mol. The largest absolute Gasteiger partial charge is 0.299 e. The number of benzene rings is 1. The summed E-state index contributed by atoms with van der Waals surface area (Å²) in [5.41, 5.74) is 1.98. The van der Waals surface area contributed by atoms with Gasteiger partial charge < -0.3 is 0 Å². The molecular formula is C19H25FN4S. The van der Waals surface area contributed by atoms with Crippen LogP contribution in [-0.4, -0.2) is 63.3 Å². The van der Waals surface area contributed by atoms with Crippen molar-refractivity contribution in [1.29, 1.82) is 0 Å². The van der Waals surface area contributed by atoms with Crippen LogP contribution in [0.2, 0.25) is 0 Å². The number of nitrogens with zero attached hydrogens (tertiary/aromatic N) is 4. The van der Waals surface area contributed by atoms with Gasteiger partial charge in [0, 0.05) is 49.6 Å². The number of thioether (sulfide) groups is 1. The Labute approximate surface area is 153 Å². The second kappa shape index (κ2) is 7.89. The number of aromatic nitrogens is 2. The highest BCUT2D eigenvalue weighted by Crippen LogP contribution is 2.23. The fourth-order valence-electron chi connectivity index (χ4n) is 3.94. The molecule has 3 heterocycles. The Kier molecular flexibility index (Phi) is 5.39. The lowest BCUT2D eigenvalue weighted by Gasteiger charge is -2.40. The van der Waals surface area contributed by atoms with E-state index in [0.29, 0.717) is 0 Å². The molecule has 2 aliphatic rings. The summed E-state index contributed by atoms with van der Waals surface area (Å²) >= 11 is 2.07. The molecule has 25 heavy (non-hydrogen) atoms. The molecule has 134 valence electrons. The van der Waals surface area contributed by atoms with Crippen LogP contribution in [0.3, 0.4) is 0 Å². The van der Waals surface area contributed by atoms with Crippen molar-refractivity contribution in [3.8, 4) is 5.69 Å². The zero-order valence-corrected chi connectivity index (χ0v) is 15.3. The van der Waals surface area contributed by atoms with Crippen LogP contribution in [0, 0.1) is 5.82 Å². The van der Waals surface area contributed by atoms with Gasteiger partial charge in [0.25, 0.3) is 0 Å². The molecule has 1 aromatic carbocycles. The summed E-state index contributed by atoms with van der Waals surface area (Å²) in [6.07, 6.45) is 6.11. The molecule has 0 amide bonds. The fourth-order valence-corrected chi connectivity index (χ4v) is 4.87. The van der Waals surface area contributed by atoms with Gasteiger partial charge in [-0.05, 0) is 55.8 Å². The van der Waals surface area contributed by atoms with Gasteiger partial charge in [-0.2, -0.15) is 16.9 Å². The number of halogens is 1. The van der Waals surface area contributed by atoms with Gasteiger partial charge in [0.1, 0.15) is 5.82 Å². The van der Waals surface area contributed by atoms with Crippen LogP contribution >= 0.6 is 11.8 Å². The van der Waals surface area contributed by atoms with Crippen LogP contribution in [0.25, 0.3) is 5.69 Å². The van der Waals surface area contributed by atoms with Gasteiger partial charge in [0.05, 0.1) is 5.69 Å². The first-order chi connectivity index (χ1) is 12.3. The average Bonchev–Trinajstić information content (AvgIpc) is 3.18. The van der Waals surface area contributed by atoms with Crippen molar-refractivity contribution < 1.29 is 4.39 Å². The first kappa shape index (κ1) is 17.1. The number of piperidine rings is 1. The molecule has 0 bridgehead atoms. The number of likely N-dealkylation sites (tertiary alicyclic amines) is 1. The van der Waals surface area contributed by atoms with Crippen molar-refractivity contribution in [2.45, 2.75) is 25.4 Å². The molecule has 0 atom stereocenters. The van der Waals surface area contributed by atoms with E-state index in [0.717, 1.165) is 36.9 Å². The van der Waals surface area contributed by atoms with Crippen molar-refractivity contribution in [1.82, 2.24) is 19.6 Å². The lowest BCUT2D eigenvalue weighted by Crippen LogP contribution is -2.47. The Bertz CT molecular complexity index is 677. The van der Waals surface area contributed by atoms with Gasteiger partial charge in [0.2, 0.25) is 0 Å². The standard InChI is InChI=1S/C19H25FN4S/c20-17-2-3-19(24-7-1-6-21-24)16(14-17)15-22-8-4-18(5-9-22)23-10-12-25-13-11-23/h1-3,6-7,14,18H,4-5,8-13,15H2. The normalized spacial score (nSPS) is 20.8. The van der Waals surface area contributed by atoms with E-state index in [1.807, 2.05) is 23.0 Å². The molecule has 2 aromatic rings. The van der Waals surface area contributed by atoms with E-state index < -0.39 is 0 Å². The zero-order valence-electron chi connectivity index (χ0n) is 14.5. The van der Waals surface area contributed by atoms with Crippen molar-refractivity contribution >= 4 is 11.8 Å². The van der Waals surface area contributed by atoms with Gasteiger partial charge in [0.15, 0.2) is 0 Å². The van der Waals surface area contributed by atoms with E-state index in [1.165, 1.54) is 43.5 Å². The lowest BCUT2D eigenvalue weighted by atomic mass is 10.0.